The van der Waals surface area contributed by atoms with Crippen LogP contribution in [0.1, 0.15) is 5.56 Å². The number of halogens is 1. The van der Waals surface area contributed by atoms with Crippen molar-refractivity contribution in [3.8, 4) is 0 Å². The second-order valence-electron chi connectivity index (χ2n) is 6.17. The average molecular weight is 362 g/mol. The quantitative estimate of drug-likeness (QED) is 0.827. The Bertz CT molecular complexity index is 728. The highest BCUT2D eigenvalue weighted by atomic mass is 32.1. The van der Waals surface area contributed by atoms with Crippen LogP contribution in [-0.2, 0) is 16.0 Å². The molecule has 2 N–H and O–H groups in total. The Balaban J connectivity index is 1.42. The van der Waals surface area contributed by atoms with Gasteiger partial charge in [0.25, 0.3) is 5.91 Å². The molecule has 2 aromatic rings. The maximum absolute atomic E-state index is 13.1. The molecule has 0 saturated carbocycles. The molecule has 132 valence electrons. The maximum atomic E-state index is 13.1. The van der Waals surface area contributed by atoms with Crippen molar-refractivity contribution in [2.24, 2.45) is 0 Å². The first kappa shape index (κ1) is 17.6. The van der Waals surface area contributed by atoms with Crippen LogP contribution in [0.15, 0.2) is 41.1 Å². The standard InChI is InChI=1S/C18H20FN3O2S/c19-15-2-1-3-16(11-15)20-17(23)12-21-5-7-22(8-6-21)18(24)10-14-4-9-25-13-14/h1-4,9,11,13H,5-8,10,12H2,(H,20,23)/p+1. The van der Waals surface area contributed by atoms with Gasteiger partial charge in [-0.15, -0.1) is 0 Å². The summed E-state index contributed by atoms with van der Waals surface area (Å²) in [4.78, 5) is 27.4. The van der Waals surface area contributed by atoms with Gasteiger partial charge in [-0.1, -0.05) is 6.07 Å². The fourth-order valence-corrected chi connectivity index (χ4v) is 3.60. The zero-order valence-corrected chi connectivity index (χ0v) is 14.7. The highest BCUT2D eigenvalue weighted by Crippen LogP contribution is 2.09. The highest BCUT2D eigenvalue weighted by Gasteiger charge is 2.25. The molecule has 0 radical (unpaired) electrons. The van der Waals surface area contributed by atoms with Crippen LogP contribution in [0.5, 0.6) is 0 Å². The SMILES string of the molecule is O=C(C[NH+]1CCN(C(=O)Cc2ccsc2)CC1)Nc1cccc(F)c1. The summed E-state index contributed by atoms with van der Waals surface area (Å²) in [6.45, 7) is 3.12. The minimum absolute atomic E-state index is 0.140. The van der Waals surface area contributed by atoms with E-state index in [1.807, 2.05) is 21.7 Å². The number of quaternary nitrogens is 1. The minimum atomic E-state index is -0.372. The minimum Gasteiger partial charge on any atom is -0.331 e. The van der Waals surface area contributed by atoms with E-state index in [1.54, 1.807) is 23.5 Å². The predicted octanol–water partition coefficient (Wildman–Crippen LogP) is 0.796. The topological polar surface area (TPSA) is 53.9 Å². The van der Waals surface area contributed by atoms with Gasteiger partial charge in [0.05, 0.1) is 32.6 Å². The highest BCUT2D eigenvalue weighted by molar-refractivity contribution is 7.08. The number of nitrogens with one attached hydrogen (secondary N) is 2. The second kappa shape index (κ2) is 8.22. The van der Waals surface area contributed by atoms with Crippen LogP contribution in [-0.4, -0.2) is 49.4 Å². The first-order valence-electron chi connectivity index (χ1n) is 8.28. The monoisotopic (exact) mass is 362 g/mol. The predicted molar refractivity (Wildman–Crippen MR) is 95.2 cm³/mol. The number of anilines is 1. The molecule has 1 aromatic carbocycles. The number of benzene rings is 1. The molecule has 3 rings (SSSR count). The summed E-state index contributed by atoms with van der Waals surface area (Å²) in [7, 11) is 0. The van der Waals surface area contributed by atoms with Gasteiger partial charge in [-0.3, -0.25) is 9.59 Å². The summed E-state index contributed by atoms with van der Waals surface area (Å²) in [6.07, 6.45) is 0.443. The van der Waals surface area contributed by atoms with Crippen molar-refractivity contribution in [1.82, 2.24) is 4.90 Å². The Kier molecular flexibility index (Phi) is 5.78. The Labute approximate surface area is 150 Å². The molecule has 5 nitrogen and oxygen atoms in total. The van der Waals surface area contributed by atoms with Crippen LogP contribution in [0.4, 0.5) is 10.1 Å². The number of hydrogen-bond acceptors (Lipinski definition) is 3. The van der Waals surface area contributed by atoms with Crippen molar-refractivity contribution in [3.63, 3.8) is 0 Å². The van der Waals surface area contributed by atoms with E-state index in [1.165, 1.54) is 12.1 Å². The molecule has 0 aliphatic carbocycles. The van der Waals surface area contributed by atoms with Gasteiger partial charge in [-0.25, -0.2) is 4.39 Å². The maximum Gasteiger partial charge on any atom is 0.279 e. The third kappa shape index (κ3) is 5.11. The zero-order valence-electron chi connectivity index (χ0n) is 13.8. The Morgan fingerprint density at radius 2 is 2.04 bits per heavy atom. The molecule has 1 aliphatic rings. The number of carbonyl (C=O) groups excluding carboxylic acids is 2. The lowest BCUT2D eigenvalue weighted by Crippen LogP contribution is -3.15. The van der Waals surface area contributed by atoms with Gasteiger partial charge in [-0.2, -0.15) is 11.3 Å². The van der Waals surface area contributed by atoms with Crippen LogP contribution in [0.25, 0.3) is 0 Å². The summed E-state index contributed by atoms with van der Waals surface area (Å²) in [5, 5.41) is 6.68. The van der Waals surface area contributed by atoms with Crippen molar-refractivity contribution < 1.29 is 18.9 Å². The van der Waals surface area contributed by atoms with E-state index in [0.29, 0.717) is 31.7 Å². The number of carbonyl (C=O) groups is 2. The number of rotatable bonds is 5. The third-order valence-electron chi connectivity index (χ3n) is 4.28. The largest absolute Gasteiger partial charge is 0.331 e. The van der Waals surface area contributed by atoms with Gasteiger partial charge in [0.15, 0.2) is 6.54 Å². The van der Waals surface area contributed by atoms with Crippen LogP contribution in [0.2, 0.25) is 0 Å². The van der Waals surface area contributed by atoms with Gasteiger partial charge in [0, 0.05) is 5.69 Å². The lowest BCUT2D eigenvalue weighted by atomic mass is 10.2. The fraction of sp³-hybridized carbons (Fsp3) is 0.333. The molecule has 2 amide bonds. The van der Waals surface area contributed by atoms with Crippen LogP contribution >= 0.6 is 11.3 Å². The van der Waals surface area contributed by atoms with Crippen molar-refractivity contribution in [2.75, 3.05) is 38.0 Å². The number of nitrogens with zero attached hydrogens (tertiary/aromatic N) is 1. The molecule has 1 aliphatic heterocycles. The first-order valence-corrected chi connectivity index (χ1v) is 9.22. The molecule has 0 spiro atoms. The second-order valence-corrected chi connectivity index (χ2v) is 6.95. The van der Waals surface area contributed by atoms with E-state index in [-0.39, 0.29) is 17.6 Å². The lowest BCUT2D eigenvalue weighted by Gasteiger charge is -2.31. The van der Waals surface area contributed by atoms with Crippen LogP contribution in [0, 0.1) is 5.82 Å². The molecular weight excluding hydrogens is 341 g/mol. The Morgan fingerprint density at radius 1 is 1.24 bits per heavy atom. The molecule has 0 bridgehead atoms. The van der Waals surface area contributed by atoms with Crippen molar-refractivity contribution in [3.05, 3.63) is 52.5 Å². The summed E-state index contributed by atoms with van der Waals surface area (Å²) < 4.78 is 13.1. The van der Waals surface area contributed by atoms with E-state index in [9.17, 15) is 14.0 Å². The number of thiophene rings is 1. The number of hydrogen-bond donors (Lipinski definition) is 2. The van der Waals surface area contributed by atoms with Gasteiger partial charge in [0.1, 0.15) is 5.82 Å². The van der Waals surface area contributed by atoms with Crippen molar-refractivity contribution in [1.29, 1.82) is 0 Å². The van der Waals surface area contributed by atoms with Gasteiger partial charge >= 0.3 is 0 Å². The summed E-state index contributed by atoms with van der Waals surface area (Å²) in [6, 6.07) is 7.84. The van der Waals surface area contributed by atoms with E-state index < -0.39 is 0 Å². The molecule has 1 fully saturated rings. The molecular formula is C18H21FN3O2S+. The van der Waals surface area contributed by atoms with Crippen LogP contribution < -0.4 is 10.2 Å². The van der Waals surface area contributed by atoms with Gasteiger partial charge in [-0.05, 0) is 40.6 Å². The Morgan fingerprint density at radius 3 is 2.72 bits per heavy atom. The number of amides is 2. The van der Waals surface area contributed by atoms with E-state index in [2.05, 4.69) is 5.32 Å². The summed E-state index contributed by atoms with van der Waals surface area (Å²) in [5.41, 5.74) is 1.52. The van der Waals surface area contributed by atoms with Crippen molar-refractivity contribution >= 4 is 28.8 Å². The fourth-order valence-electron chi connectivity index (χ4n) is 2.93. The molecule has 2 heterocycles. The molecule has 25 heavy (non-hydrogen) atoms. The summed E-state index contributed by atoms with van der Waals surface area (Å²) >= 11 is 1.59. The molecule has 7 heteroatoms. The van der Waals surface area contributed by atoms with E-state index in [4.69, 9.17) is 0 Å². The molecule has 0 atom stereocenters. The van der Waals surface area contributed by atoms with E-state index >= 15 is 0 Å². The van der Waals surface area contributed by atoms with E-state index in [0.717, 1.165) is 23.6 Å². The summed E-state index contributed by atoms with van der Waals surface area (Å²) in [5.74, 6) is -0.372. The average Bonchev–Trinajstić information content (AvgIpc) is 3.08. The lowest BCUT2D eigenvalue weighted by molar-refractivity contribution is -0.895. The van der Waals surface area contributed by atoms with Crippen molar-refractivity contribution in [2.45, 2.75) is 6.42 Å². The van der Waals surface area contributed by atoms with Gasteiger partial charge < -0.3 is 15.1 Å². The first-order chi connectivity index (χ1) is 12.1. The molecule has 1 aromatic heterocycles. The molecule has 0 unspecified atom stereocenters. The number of piperazine rings is 1. The molecule has 1 saturated heterocycles. The Hall–Kier alpha value is -2.25. The zero-order chi connectivity index (χ0) is 17.6. The van der Waals surface area contributed by atoms with Crippen LogP contribution in [0.3, 0.4) is 0 Å². The van der Waals surface area contributed by atoms with Gasteiger partial charge in [0.2, 0.25) is 5.91 Å². The normalized spacial score (nSPS) is 15.2. The smallest absolute Gasteiger partial charge is 0.279 e. The third-order valence-corrected chi connectivity index (χ3v) is 5.01.